The number of nitrogens with zero attached hydrogens (tertiary/aromatic N) is 3. The van der Waals surface area contributed by atoms with E-state index < -0.39 is 5.97 Å². The van der Waals surface area contributed by atoms with Gasteiger partial charge in [-0.05, 0) is 67.6 Å². The number of hydrogen-bond donors (Lipinski definition) is 1. The van der Waals surface area contributed by atoms with Gasteiger partial charge in [0.25, 0.3) is 0 Å². The molecule has 1 fully saturated rings. The average molecular weight is 512 g/mol. The number of methoxy groups -OCH3 is 1. The smallest absolute Gasteiger partial charge is 0.303 e. The highest BCUT2D eigenvalue weighted by Gasteiger charge is 2.31. The number of carboxylic acids is 1. The van der Waals surface area contributed by atoms with E-state index in [2.05, 4.69) is 14.9 Å². The summed E-state index contributed by atoms with van der Waals surface area (Å²) in [4.78, 5) is 35.4. The van der Waals surface area contributed by atoms with Crippen LogP contribution in [0.15, 0.2) is 53.8 Å². The van der Waals surface area contributed by atoms with E-state index >= 15 is 0 Å². The number of ketones is 1. The largest absolute Gasteiger partial charge is 0.497 e. The Morgan fingerprint density at radius 3 is 2.83 bits per heavy atom. The van der Waals surface area contributed by atoms with Crippen molar-refractivity contribution in [2.75, 3.05) is 32.5 Å². The molecule has 1 aliphatic rings. The van der Waals surface area contributed by atoms with Crippen molar-refractivity contribution < 1.29 is 23.8 Å². The molecule has 1 aliphatic heterocycles. The number of aliphatic carboxylic acids is 1. The summed E-state index contributed by atoms with van der Waals surface area (Å²) >= 11 is 1.37. The summed E-state index contributed by atoms with van der Waals surface area (Å²) in [7, 11) is 1.59. The fourth-order valence-corrected chi connectivity index (χ4v) is 5.77. The quantitative estimate of drug-likeness (QED) is 0.286. The van der Waals surface area contributed by atoms with Gasteiger partial charge >= 0.3 is 5.97 Å². The summed E-state index contributed by atoms with van der Waals surface area (Å²) in [5, 5.41) is 10.6. The normalized spacial score (nSPS) is 18.3. The first-order valence-corrected chi connectivity index (χ1v) is 13.1. The molecule has 2 atom stereocenters. The van der Waals surface area contributed by atoms with Gasteiger partial charge in [0.1, 0.15) is 10.8 Å². The van der Waals surface area contributed by atoms with E-state index in [-0.39, 0.29) is 29.9 Å². The summed E-state index contributed by atoms with van der Waals surface area (Å²) in [6, 6.07) is 10.2. The molecule has 0 radical (unpaired) electrons. The monoisotopic (exact) mass is 511 g/mol. The van der Waals surface area contributed by atoms with E-state index in [0.29, 0.717) is 41.5 Å². The molecule has 3 heterocycles. The van der Waals surface area contributed by atoms with Gasteiger partial charge in [0.05, 0.1) is 12.6 Å². The standard InChI is InChI=1S/C27H30FN3O4S/c1-35-20-5-6-24-22(16-20)21(8-11-29-24)25(32)7-4-18-9-12-31(17-19(18)15-26(33)34)13-14-36-27-23(28)3-2-10-30-27/h2-3,5-6,8,10-11,16,18-19H,4,7,9,12-15,17H2,1H3,(H,33,34)/t18-,19+/m1/s1. The molecule has 0 unspecified atom stereocenters. The maximum atomic E-state index is 13.8. The third kappa shape index (κ3) is 6.59. The van der Waals surface area contributed by atoms with Crippen molar-refractivity contribution in [1.82, 2.24) is 14.9 Å². The second kappa shape index (κ2) is 12.3. The minimum Gasteiger partial charge on any atom is -0.497 e. The maximum Gasteiger partial charge on any atom is 0.303 e. The molecule has 3 aromatic rings. The third-order valence-corrected chi connectivity index (χ3v) is 7.74. The number of carboxylic acid groups (broad SMARTS) is 1. The summed E-state index contributed by atoms with van der Waals surface area (Å²) in [5.41, 5.74) is 1.35. The third-order valence-electron chi connectivity index (χ3n) is 6.77. The van der Waals surface area contributed by atoms with Crippen LogP contribution in [0.5, 0.6) is 5.75 Å². The lowest BCUT2D eigenvalue weighted by molar-refractivity contribution is -0.139. The minimum absolute atomic E-state index is 0.0287. The SMILES string of the molecule is COc1ccc2nccc(C(=O)CC[C@@H]3CCN(CCSc4ncccc4F)C[C@@H]3CC(=O)O)c2c1. The second-order valence-corrected chi connectivity index (χ2v) is 10.1. The number of carbonyl (C=O) groups excluding carboxylic acids is 1. The number of thioether (sulfide) groups is 1. The Hall–Kier alpha value is -3.04. The van der Waals surface area contributed by atoms with E-state index in [4.69, 9.17) is 4.74 Å². The zero-order chi connectivity index (χ0) is 25.5. The van der Waals surface area contributed by atoms with Gasteiger partial charge in [-0.3, -0.25) is 14.6 Å². The number of aromatic nitrogens is 2. The van der Waals surface area contributed by atoms with Crippen LogP contribution < -0.4 is 4.74 Å². The van der Waals surface area contributed by atoms with E-state index in [1.165, 1.54) is 17.8 Å². The number of ether oxygens (including phenoxy) is 1. The fraction of sp³-hybridized carbons (Fsp3) is 0.407. The van der Waals surface area contributed by atoms with Crippen molar-refractivity contribution in [2.24, 2.45) is 11.8 Å². The first kappa shape index (κ1) is 26.0. The van der Waals surface area contributed by atoms with Crippen LogP contribution in [0.4, 0.5) is 4.39 Å². The number of pyridine rings is 2. The molecule has 2 aromatic heterocycles. The molecule has 0 saturated carbocycles. The number of hydrogen-bond acceptors (Lipinski definition) is 7. The molecule has 0 spiro atoms. The van der Waals surface area contributed by atoms with Gasteiger partial charge in [-0.15, -0.1) is 11.8 Å². The van der Waals surface area contributed by atoms with Gasteiger partial charge in [0, 0.05) is 55.0 Å². The minimum atomic E-state index is -0.824. The first-order chi connectivity index (χ1) is 17.4. The maximum absolute atomic E-state index is 13.8. The lowest BCUT2D eigenvalue weighted by atomic mass is 9.79. The van der Waals surface area contributed by atoms with Crippen LogP contribution >= 0.6 is 11.8 Å². The van der Waals surface area contributed by atoms with Crippen molar-refractivity contribution in [1.29, 1.82) is 0 Å². The molecular formula is C27H30FN3O4S. The Kier molecular flexibility index (Phi) is 8.88. The molecule has 0 bridgehead atoms. The number of halogens is 1. The molecule has 1 aromatic carbocycles. The van der Waals surface area contributed by atoms with Gasteiger partial charge in [-0.2, -0.15) is 0 Å². The Morgan fingerprint density at radius 2 is 2.06 bits per heavy atom. The molecular weight excluding hydrogens is 481 g/mol. The van der Waals surface area contributed by atoms with Crippen LogP contribution in [0.25, 0.3) is 10.9 Å². The van der Waals surface area contributed by atoms with E-state index in [9.17, 15) is 19.1 Å². The predicted octanol–water partition coefficient (Wildman–Crippen LogP) is 4.95. The Labute approximate surface area is 214 Å². The van der Waals surface area contributed by atoms with E-state index in [1.807, 2.05) is 18.2 Å². The topological polar surface area (TPSA) is 92.6 Å². The summed E-state index contributed by atoms with van der Waals surface area (Å²) in [6.45, 7) is 2.22. The highest BCUT2D eigenvalue weighted by molar-refractivity contribution is 7.99. The number of likely N-dealkylation sites (tertiary alicyclic amines) is 1. The zero-order valence-corrected chi connectivity index (χ0v) is 21.0. The molecule has 0 aliphatic carbocycles. The van der Waals surface area contributed by atoms with Crippen molar-refractivity contribution in [2.45, 2.75) is 30.7 Å². The van der Waals surface area contributed by atoms with Crippen molar-refractivity contribution >= 4 is 34.4 Å². The first-order valence-electron chi connectivity index (χ1n) is 12.1. The van der Waals surface area contributed by atoms with Gasteiger partial charge in [0.2, 0.25) is 0 Å². The van der Waals surface area contributed by atoms with Crippen LogP contribution in [-0.2, 0) is 4.79 Å². The summed E-state index contributed by atoms with van der Waals surface area (Å²) in [5.74, 6) is 0.351. The molecule has 1 saturated heterocycles. The van der Waals surface area contributed by atoms with E-state index in [1.54, 1.807) is 31.6 Å². The van der Waals surface area contributed by atoms with Gasteiger partial charge < -0.3 is 14.7 Å². The zero-order valence-electron chi connectivity index (χ0n) is 20.2. The molecule has 190 valence electrons. The Bertz CT molecular complexity index is 1220. The molecule has 9 heteroatoms. The van der Waals surface area contributed by atoms with Crippen LogP contribution in [0.1, 0.15) is 36.0 Å². The number of carbonyl (C=O) groups is 2. The van der Waals surface area contributed by atoms with Gasteiger partial charge in [-0.25, -0.2) is 9.37 Å². The number of benzene rings is 1. The lowest BCUT2D eigenvalue weighted by Gasteiger charge is -2.38. The summed E-state index contributed by atoms with van der Waals surface area (Å²) < 4.78 is 19.1. The Morgan fingerprint density at radius 1 is 1.19 bits per heavy atom. The van der Waals surface area contributed by atoms with Crippen LogP contribution in [0.3, 0.4) is 0 Å². The molecule has 4 rings (SSSR count). The van der Waals surface area contributed by atoms with Crippen LogP contribution in [-0.4, -0.2) is 64.2 Å². The molecule has 1 N–H and O–H groups in total. The van der Waals surface area contributed by atoms with Crippen LogP contribution in [0.2, 0.25) is 0 Å². The number of piperidine rings is 1. The van der Waals surface area contributed by atoms with Crippen molar-refractivity contribution in [3.63, 3.8) is 0 Å². The average Bonchev–Trinajstić information content (AvgIpc) is 2.88. The number of fused-ring (bicyclic) bond motifs is 1. The van der Waals surface area contributed by atoms with Gasteiger partial charge in [0.15, 0.2) is 11.6 Å². The van der Waals surface area contributed by atoms with E-state index in [0.717, 1.165) is 30.4 Å². The highest BCUT2D eigenvalue weighted by atomic mass is 32.2. The highest BCUT2D eigenvalue weighted by Crippen LogP contribution is 2.32. The lowest BCUT2D eigenvalue weighted by Crippen LogP contribution is -2.42. The Balaban J connectivity index is 1.35. The summed E-state index contributed by atoms with van der Waals surface area (Å²) in [6.07, 6.45) is 5.12. The number of rotatable bonds is 11. The van der Waals surface area contributed by atoms with Gasteiger partial charge in [-0.1, -0.05) is 0 Å². The predicted molar refractivity (Wildman–Crippen MR) is 137 cm³/mol. The fourth-order valence-electron chi connectivity index (χ4n) is 4.89. The van der Waals surface area contributed by atoms with Crippen LogP contribution in [0, 0.1) is 17.7 Å². The molecule has 7 nitrogen and oxygen atoms in total. The molecule has 0 amide bonds. The van der Waals surface area contributed by atoms with Crippen molar-refractivity contribution in [3.8, 4) is 5.75 Å². The van der Waals surface area contributed by atoms with Crippen molar-refractivity contribution in [3.05, 3.63) is 60.2 Å². The molecule has 36 heavy (non-hydrogen) atoms. The second-order valence-electron chi connectivity index (χ2n) is 9.05. The number of Topliss-reactive ketones (excluding diaryl/α,β-unsaturated/α-hetero) is 1.